The summed E-state index contributed by atoms with van der Waals surface area (Å²) in [5.74, 6) is 0.247. The standard InChI is InChI=1S/C17H12N4OS3/c22-15-11-25-17(23)21(15)18-9-12-10-20(13-5-2-1-3-6-13)19-16(12)14-7-4-8-24-14/h1-10H,11H2. The number of hydrazone groups is 1. The molecule has 0 spiro atoms. The van der Waals surface area contributed by atoms with Gasteiger partial charge in [0.1, 0.15) is 5.69 Å². The zero-order valence-corrected chi connectivity index (χ0v) is 15.4. The van der Waals surface area contributed by atoms with Gasteiger partial charge in [-0.05, 0) is 23.6 Å². The largest absolute Gasteiger partial charge is 0.272 e. The first-order valence-corrected chi connectivity index (χ1v) is 9.72. The first-order chi connectivity index (χ1) is 12.2. The van der Waals surface area contributed by atoms with Gasteiger partial charge in [0.05, 0.1) is 22.5 Å². The van der Waals surface area contributed by atoms with Gasteiger partial charge < -0.3 is 0 Å². The minimum Gasteiger partial charge on any atom is -0.272 e. The van der Waals surface area contributed by atoms with Gasteiger partial charge in [0.2, 0.25) is 0 Å². The van der Waals surface area contributed by atoms with Crippen molar-refractivity contribution in [3.05, 3.63) is 59.6 Å². The SMILES string of the molecule is O=C1CSC(=S)N1N=Cc1cn(-c2ccccc2)nc1-c1cccs1. The third kappa shape index (κ3) is 3.28. The van der Waals surface area contributed by atoms with Crippen molar-refractivity contribution >= 4 is 51.8 Å². The molecule has 8 heteroatoms. The first kappa shape index (κ1) is 16.2. The summed E-state index contributed by atoms with van der Waals surface area (Å²) in [6.45, 7) is 0. The van der Waals surface area contributed by atoms with Crippen molar-refractivity contribution in [2.45, 2.75) is 0 Å². The van der Waals surface area contributed by atoms with Crippen LogP contribution >= 0.6 is 35.3 Å². The van der Waals surface area contributed by atoms with E-state index in [1.165, 1.54) is 16.8 Å². The molecule has 0 unspecified atom stereocenters. The average Bonchev–Trinajstić information content (AvgIpc) is 3.35. The van der Waals surface area contributed by atoms with Gasteiger partial charge in [0, 0.05) is 11.8 Å². The predicted molar refractivity (Wildman–Crippen MR) is 106 cm³/mol. The highest BCUT2D eigenvalue weighted by Crippen LogP contribution is 2.27. The Balaban J connectivity index is 1.74. The van der Waals surface area contributed by atoms with Crippen LogP contribution in [0.4, 0.5) is 0 Å². The van der Waals surface area contributed by atoms with Crippen LogP contribution in [0.1, 0.15) is 5.56 Å². The van der Waals surface area contributed by atoms with E-state index in [1.54, 1.807) is 17.6 Å². The lowest BCUT2D eigenvalue weighted by Gasteiger charge is -2.05. The van der Waals surface area contributed by atoms with Crippen LogP contribution in [0.2, 0.25) is 0 Å². The van der Waals surface area contributed by atoms with Crippen molar-refractivity contribution in [2.24, 2.45) is 5.10 Å². The summed E-state index contributed by atoms with van der Waals surface area (Å²) in [5.41, 5.74) is 2.62. The van der Waals surface area contributed by atoms with Crippen molar-refractivity contribution in [3.63, 3.8) is 0 Å². The van der Waals surface area contributed by atoms with E-state index in [0.29, 0.717) is 10.1 Å². The molecule has 3 aromatic rings. The van der Waals surface area contributed by atoms with E-state index in [1.807, 2.05) is 58.7 Å². The van der Waals surface area contributed by atoms with Gasteiger partial charge in [-0.2, -0.15) is 15.2 Å². The molecular weight excluding hydrogens is 372 g/mol. The Morgan fingerprint density at radius 3 is 2.72 bits per heavy atom. The molecule has 0 saturated carbocycles. The normalized spacial score (nSPS) is 14.8. The van der Waals surface area contributed by atoms with E-state index in [0.717, 1.165) is 21.8 Å². The van der Waals surface area contributed by atoms with E-state index in [2.05, 4.69) is 5.10 Å². The van der Waals surface area contributed by atoms with Gasteiger partial charge in [-0.1, -0.05) is 48.2 Å². The summed E-state index contributed by atoms with van der Waals surface area (Å²) in [5, 5.41) is 12.3. The Morgan fingerprint density at radius 1 is 1.20 bits per heavy atom. The number of carbonyl (C=O) groups is 1. The van der Waals surface area contributed by atoms with Gasteiger partial charge in [-0.3, -0.25) is 4.79 Å². The summed E-state index contributed by atoms with van der Waals surface area (Å²) >= 11 is 8.10. The smallest absolute Gasteiger partial charge is 0.259 e. The van der Waals surface area contributed by atoms with Crippen molar-refractivity contribution in [2.75, 3.05) is 5.75 Å². The molecule has 2 aromatic heterocycles. The average molecular weight is 385 g/mol. The molecule has 1 aromatic carbocycles. The topological polar surface area (TPSA) is 50.5 Å². The number of aromatic nitrogens is 2. The quantitative estimate of drug-likeness (QED) is 0.507. The van der Waals surface area contributed by atoms with Gasteiger partial charge in [-0.15, -0.1) is 11.3 Å². The Bertz CT molecular complexity index is 932. The minimum atomic E-state index is -0.0978. The molecule has 1 aliphatic heterocycles. The summed E-state index contributed by atoms with van der Waals surface area (Å²) in [4.78, 5) is 12.9. The zero-order chi connectivity index (χ0) is 17.2. The van der Waals surface area contributed by atoms with E-state index >= 15 is 0 Å². The summed E-state index contributed by atoms with van der Waals surface area (Å²) in [7, 11) is 0. The molecule has 25 heavy (non-hydrogen) atoms. The number of thiocarbonyl (C=S) groups is 1. The lowest BCUT2D eigenvalue weighted by atomic mass is 10.2. The molecule has 0 aliphatic carbocycles. The molecule has 124 valence electrons. The number of carbonyl (C=O) groups excluding carboxylic acids is 1. The van der Waals surface area contributed by atoms with E-state index in [4.69, 9.17) is 17.3 Å². The fraction of sp³-hybridized carbons (Fsp3) is 0.0588. The van der Waals surface area contributed by atoms with Crippen LogP contribution < -0.4 is 0 Å². The van der Waals surface area contributed by atoms with Gasteiger partial charge >= 0.3 is 0 Å². The monoisotopic (exact) mass is 384 g/mol. The van der Waals surface area contributed by atoms with Crippen LogP contribution in [-0.2, 0) is 4.79 Å². The highest BCUT2D eigenvalue weighted by Gasteiger charge is 2.26. The molecular formula is C17H12N4OS3. The fourth-order valence-corrected chi connectivity index (χ4v) is 4.08. The highest BCUT2D eigenvalue weighted by molar-refractivity contribution is 8.23. The van der Waals surface area contributed by atoms with Crippen molar-refractivity contribution in [1.82, 2.24) is 14.8 Å². The third-order valence-corrected chi connectivity index (χ3v) is 5.77. The van der Waals surface area contributed by atoms with Crippen molar-refractivity contribution in [3.8, 4) is 16.3 Å². The van der Waals surface area contributed by atoms with Gasteiger partial charge in [0.25, 0.3) is 5.91 Å². The Kier molecular flexibility index (Phi) is 4.48. The number of hydrogen-bond acceptors (Lipinski definition) is 6. The molecule has 4 rings (SSSR count). The number of benzene rings is 1. The van der Waals surface area contributed by atoms with Crippen LogP contribution in [0.15, 0.2) is 59.1 Å². The van der Waals surface area contributed by atoms with Crippen LogP contribution in [-0.4, -0.2) is 37.0 Å². The predicted octanol–water partition coefficient (Wildman–Crippen LogP) is 3.80. The summed E-state index contributed by atoms with van der Waals surface area (Å²) in [6.07, 6.45) is 3.56. The molecule has 1 fully saturated rings. The number of para-hydroxylation sites is 1. The highest BCUT2D eigenvalue weighted by atomic mass is 32.2. The third-order valence-electron chi connectivity index (χ3n) is 3.56. The lowest BCUT2D eigenvalue weighted by molar-refractivity contribution is -0.123. The fourth-order valence-electron chi connectivity index (χ4n) is 2.38. The number of amides is 1. The second-order valence-electron chi connectivity index (χ2n) is 5.20. The van der Waals surface area contributed by atoms with Crippen LogP contribution in [0.25, 0.3) is 16.3 Å². The van der Waals surface area contributed by atoms with Crippen LogP contribution in [0, 0.1) is 0 Å². The molecule has 0 radical (unpaired) electrons. The van der Waals surface area contributed by atoms with E-state index in [9.17, 15) is 4.79 Å². The molecule has 3 heterocycles. The molecule has 5 nitrogen and oxygen atoms in total. The van der Waals surface area contributed by atoms with Crippen molar-refractivity contribution in [1.29, 1.82) is 0 Å². The molecule has 1 aliphatic rings. The maximum absolute atomic E-state index is 11.8. The zero-order valence-electron chi connectivity index (χ0n) is 12.9. The van der Waals surface area contributed by atoms with E-state index < -0.39 is 0 Å². The minimum absolute atomic E-state index is 0.0978. The molecule has 1 amide bonds. The Morgan fingerprint density at radius 2 is 2.04 bits per heavy atom. The number of thioether (sulfide) groups is 1. The van der Waals surface area contributed by atoms with Crippen LogP contribution in [0.5, 0.6) is 0 Å². The lowest BCUT2D eigenvalue weighted by Crippen LogP contribution is -2.22. The number of hydrogen-bond donors (Lipinski definition) is 0. The maximum Gasteiger partial charge on any atom is 0.259 e. The number of rotatable bonds is 4. The van der Waals surface area contributed by atoms with Crippen molar-refractivity contribution < 1.29 is 4.79 Å². The molecule has 0 atom stereocenters. The van der Waals surface area contributed by atoms with Crippen LogP contribution in [0.3, 0.4) is 0 Å². The summed E-state index contributed by atoms with van der Waals surface area (Å²) in [6, 6.07) is 13.9. The molecule has 1 saturated heterocycles. The second kappa shape index (κ2) is 6.91. The number of thiophene rings is 1. The number of nitrogens with zero attached hydrogens (tertiary/aromatic N) is 4. The first-order valence-electron chi connectivity index (χ1n) is 7.45. The Hall–Kier alpha value is -2.29. The second-order valence-corrected chi connectivity index (χ2v) is 7.75. The maximum atomic E-state index is 11.8. The Labute approximate surface area is 158 Å². The molecule has 0 bridgehead atoms. The van der Waals surface area contributed by atoms with Gasteiger partial charge in [-0.25, -0.2) is 4.68 Å². The van der Waals surface area contributed by atoms with E-state index in [-0.39, 0.29) is 5.91 Å². The molecule has 0 N–H and O–H groups in total. The summed E-state index contributed by atoms with van der Waals surface area (Å²) < 4.78 is 2.30. The van der Waals surface area contributed by atoms with Gasteiger partial charge in [0.15, 0.2) is 4.32 Å².